The molecule has 12 atom stereocenters. The van der Waals surface area contributed by atoms with Crippen molar-refractivity contribution in [2.75, 3.05) is 6.61 Å². The second kappa shape index (κ2) is 16.8. The lowest BCUT2D eigenvalue weighted by Crippen LogP contribution is -2.69. The Labute approximate surface area is 317 Å². The number of esters is 1. The number of hydrogen-bond acceptors (Lipinski definition) is 9. The first-order valence-corrected chi connectivity index (χ1v) is 22.0. The van der Waals surface area contributed by atoms with Gasteiger partial charge >= 0.3 is 5.97 Å². The van der Waals surface area contributed by atoms with E-state index in [-0.39, 0.29) is 51.0 Å². The van der Waals surface area contributed by atoms with Crippen molar-refractivity contribution in [3.8, 4) is 0 Å². The molecule has 0 aromatic heterocycles. The summed E-state index contributed by atoms with van der Waals surface area (Å²) in [5.41, 5.74) is 2.01. The molecule has 9 nitrogen and oxygen atoms in total. The van der Waals surface area contributed by atoms with Crippen LogP contribution in [0.15, 0.2) is 11.8 Å². The molecule has 6 fully saturated rings. The molecule has 5 heterocycles. The summed E-state index contributed by atoms with van der Waals surface area (Å²) < 4.78 is 25.1. The largest absolute Gasteiger partial charge is 0.468 e. The fourth-order valence-electron chi connectivity index (χ4n) is 11.3. The minimum Gasteiger partial charge on any atom is -0.468 e. The molecule has 52 heavy (non-hydrogen) atoms. The van der Waals surface area contributed by atoms with Gasteiger partial charge in [0.25, 0.3) is 0 Å². The van der Waals surface area contributed by atoms with Gasteiger partial charge < -0.3 is 28.5 Å². The maximum absolute atomic E-state index is 12.1. The van der Waals surface area contributed by atoms with Crippen LogP contribution in [0.1, 0.15) is 149 Å². The maximum atomic E-state index is 12.1. The van der Waals surface area contributed by atoms with Crippen LogP contribution in [0.5, 0.6) is 0 Å². The number of ether oxygens (including phenoxy) is 3. The number of fused-ring (bicyclic) bond motifs is 3. The molecule has 0 amide bonds. The summed E-state index contributed by atoms with van der Waals surface area (Å²) in [6.45, 7) is 25.7. The molecule has 0 aromatic carbocycles. The molecule has 7 rings (SSSR count). The van der Waals surface area contributed by atoms with Crippen molar-refractivity contribution in [1.82, 2.24) is 0 Å². The number of rotatable bonds is 9. The summed E-state index contributed by atoms with van der Waals surface area (Å²) in [5, 5.41) is 10.6. The summed E-state index contributed by atoms with van der Waals surface area (Å²) in [7, 11) is -2.23. The van der Waals surface area contributed by atoms with E-state index in [4.69, 9.17) is 28.4 Å². The van der Waals surface area contributed by atoms with E-state index in [0.29, 0.717) is 52.6 Å². The van der Waals surface area contributed by atoms with Crippen molar-refractivity contribution in [1.29, 1.82) is 0 Å². The van der Waals surface area contributed by atoms with Gasteiger partial charge in [-0.3, -0.25) is 4.79 Å². The quantitative estimate of drug-likeness (QED) is 0.140. The van der Waals surface area contributed by atoms with Gasteiger partial charge in [0, 0.05) is 30.6 Å². The molecule has 3 unspecified atom stereocenters. The smallest absolute Gasteiger partial charge is 0.311 e. The van der Waals surface area contributed by atoms with Gasteiger partial charge in [-0.25, -0.2) is 9.78 Å². The van der Waals surface area contributed by atoms with Crippen molar-refractivity contribution in [3.05, 3.63) is 11.8 Å². The number of carbonyl (C=O) groups excluding carboxylic acids is 2. The Morgan fingerprint density at radius 1 is 0.923 bits per heavy atom. The zero-order valence-electron chi connectivity index (χ0n) is 33.1. The second-order valence-corrected chi connectivity index (χ2v) is 23.4. The first-order valence-electron chi connectivity index (χ1n) is 19.8. The standard InChI is InChI=1S/C25H46O4Si.C15H22O5.2CH4/c1-16(2)30(17(3)4,18(5)6)29-25(15-26)21(9)23-12-10-19(7)22(13-11-20(8)27)24(23)14-28-25;1-8-4-5-11-9(2)12(16)17-13-15(11)10(8)6-7-14(3,18-13)19-20-15;;/h14,16-19,21-23,26H,10-13,15H2,1-9H3;8-11,13H,4-7H2,1-3H3;2*1H4/t19-,21?,22+,23?,25?;8-,9-,10+,11+,13-,14+,15-;;/m11../s1. The molecule has 1 spiro atoms. The molecule has 2 bridgehead atoms. The number of ketones is 1. The van der Waals surface area contributed by atoms with Crippen molar-refractivity contribution >= 4 is 20.1 Å². The van der Waals surface area contributed by atoms with Crippen LogP contribution >= 0.6 is 0 Å². The Hall–Kier alpha value is -1.30. The van der Waals surface area contributed by atoms with Gasteiger partial charge in [0.05, 0.1) is 12.2 Å². The van der Waals surface area contributed by atoms with Crippen LogP contribution in [-0.4, -0.2) is 55.2 Å². The Morgan fingerprint density at radius 3 is 2.12 bits per heavy atom. The molecule has 2 saturated carbocycles. The molecule has 0 radical (unpaired) electrons. The summed E-state index contributed by atoms with van der Waals surface area (Å²) in [6, 6.07) is 0. The van der Waals surface area contributed by atoms with Crippen LogP contribution in [0.2, 0.25) is 16.6 Å². The van der Waals surface area contributed by atoms with E-state index in [9.17, 15) is 14.7 Å². The lowest BCUT2D eigenvalue weighted by molar-refractivity contribution is -0.559. The van der Waals surface area contributed by atoms with Crippen molar-refractivity contribution < 1.29 is 43.1 Å². The monoisotopic (exact) mass is 753 g/mol. The highest BCUT2D eigenvalue weighted by atomic mass is 28.4. The van der Waals surface area contributed by atoms with Crippen LogP contribution in [-0.2, 0) is 38.0 Å². The highest BCUT2D eigenvalue weighted by molar-refractivity contribution is 6.77. The van der Waals surface area contributed by atoms with E-state index in [1.807, 2.05) is 20.1 Å². The van der Waals surface area contributed by atoms with E-state index in [0.717, 1.165) is 44.9 Å². The molecule has 1 N–H and O–H groups in total. The van der Waals surface area contributed by atoms with Crippen molar-refractivity contribution in [2.24, 2.45) is 47.3 Å². The highest BCUT2D eigenvalue weighted by Gasteiger charge is 2.70. The zero-order chi connectivity index (χ0) is 37.0. The van der Waals surface area contributed by atoms with Crippen molar-refractivity contribution in [3.63, 3.8) is 0 Å². The fourth-order valence-corrected chi connectivity index (χ4v) is 16.9. The average molecular weight is 753 g/mol. The van der Waals surface area contributed by atoms with Crippen molar-refractivity contribution in [2.45, 2.75) is 189 Å². The molecule has 302 valence electrons. The third-order valence-corrected chi connectivity index (χ3v) is 20.3. The van der Waals surface area contributed by atoms with E-state index >= 15 is 0 Å². The number of aliphatic hydroxyl groups is 1. The Bertz CT molecular complexity index is 1250. The zero-order valence-corrected chi connectivity index (χ0v) is 34.1. The number of aliphatic hydroxyl groups excluding tert-OH is 1. The van der Waals surface area contributed by atoms with Gasteiger partial charge in [-0.2, -0.15) is 0 Å². The fraction of sp³-hybridized carbons (Fsp3) is 0.905. The predicted molar refractivity (Wildman–Crippen MR) is 207 cm³/mol. The lowest BCUT2D eigenvalue weighted by Gasteiger charge is -2.57. The van der Waals surface area contributed by atoms with Crippen LogP contribution in [0.3, 0.4) is 0 Å². The molecular formula is C42H76O9Si. The lowest BCUT2D eigenvalue weighted by atomic mass is 9.58. The maximum Gasteiger partial charge on any atom is 0.311 e. The molecule has 7 aliphatic rings. The van der Waals surface area contributed by atoms with E-state index in [1.54, 1.807) is 6.92 Å². The summed E-state index contributed by atoms with van der Waals surface area (Å²) >= 11 is 0. The molecule has 10 heteroatoms. The van der Waals surface area contributed by atoms with Gasteiger partial charge in [-0.05, 0) is 98.2 Å². The molecule has 0 aromatic rings. The normalized spacial score (nSPS) is 40.8. The first-order chi connectivity index (χ1) is 23.4. The van der Waals surface area contributed by atoms with Crippen LogP contribution in [0.4, 0.5) is 0 Å². The number of allylic oxidation sites excluding steroid dienone is 1. The predicted octanol–water partition coefficient (Wildman–Crippen LogP) is 10.1. The molecule has 5 aliphatic heterocycles. The number of carbonyl (C=O) groups is 2. The third-order valence-electron chi connectivity index (χ3n) is 14.2. The first kappa shape index (κ1) is 45.1. The average Bonchev–Trinajstić information content (AvgIpc) is 3.28. The second-order valence-electron chi connectivity index (χ2n) is 18.1. The van der Waals surface area contributed by atoms with Gasteiger partial charge in [-0.1, -0.05) is 84.1 Å². The van der Waals surface area contributed by atoms with Crippen LogP contribution in [0.25, 0.3) is 0 Å². The minimum absolute atomic E-state index is 0. The van der Waals surface area contributed by atoms with Gasteiger partial charge in [0.2, 0.25) is 26.2 Å². The molecule has 2 aliphatic carbocycles. The third kappa shape index (κ3) is 7.60. The van der Waals surface area contributed by atoms with E-state index in [1.165, 1.54) is 5.57 Å². The van der Waals surface area contributed by atoms with Gasteiger partial charge in [-0.15, -0.1) is 0 Å². The van der Waals surface area contributed by atoms with E-state index in [2.05, 4.69) is 62.3 Å². The Kier molecular flexibility index (Phi) is 14.6. The van der Waals surface area contributed by atoms with Gasteiger partial charge in [0.15, 0.2) is 5.60 Å². The van der Waals surface area contributed by atoms with Crippen LogP contribution in [0, 0.1) is 47.3 Å². The summed E-state index contributed by atoms with van der Waals surface area (Å²) in [6.07, 6.45) is 8.93. The number of hydrogen-bond donors (Lipinski definition) is 1. The van der Waals surface area contributed by atoms with Crippen LogP contribution < -0.4 is 0 Å². The summed E-state index contributed by atoms with van der Waals surface area (Å²) in [5.74, 6) is 0.515. The molecular weight excluding hydrogens is 677 g/mol. The number of Topliss-reactive ketones (excluding diaryl/α,β-unsaturated/α-hetero) is 1. The Balaban J connectivity index is 0.000000287. The Morgan fingerprint density at radius 2 is 1.54 bits per heavy atom. The molecule has 4 saturated heterocycles. The van der Waals surface area contributed by atoms with E-state index < -0.39 is 31.8 Å². The SMILES string of the molecule is C.C.CC(=O)CC[C@@H]1C2=COC(CO)(O[Si](C(C)C)(C(C)C)C(C)C)C(C)C2CC[C@H]1C.C[C@@H]1CC[C@H]2[C@@H](C)C(=O)O[C@@H]3O[C@]4(C)CC[C@@H]1[C@]32OO4. The summed E-state index contributed by atoms with van der Waals surface area (Å²) in [4.78, 5) is 35.3. The topological polar surface area (TPSA) is 110 Å². The minimum atomic E-state index is -2.23. The highest BCUT2D eigenvalue weighted by Crippen LogP contribution is 2.60. The van der Waals surface area contributed by atoms with Gasteiger partial charge in [0.1, 0.15) is 12.4 Å².